The SMILES string of the molecule is C#C.CC.CC.CO.COCCCCN1C(=O)N(C)C2=C(OC[C@@H]3CCCN3C)NC(c3noc4c3CCC[C@@]43CCCc4sc(N)c(C#N)c43)=NC21. The van der Waals surface area contributed by atoms with Gasteiger partial charge in [-0.2, -0.15) is 5.26 Å². The first kappa shape index (κ1) is 43.3. The lowest BCUT2D eigenvalue weighted by Gasteiger charge is -2.39. The van der Waals surface area contributed by atoms with Gasteiger partial charge in [0.1, 0.15) is 23.4 Å². The molecule has 2 aliphatic carbocycles. The third-order valence-corrected chi connectivity index (χ3v) is 11.4. The van der Waals surface area contributed by atoms with E-state index >= 15 is 0 Å². The number of amides is 2. The van der Waals surface area contributed by atoms with Crippen molar-refractivity contribution in [3.63, 3.8) is 0 Å². The molecule has 13 nitrogen and oxygen atoms in total. The minimum absolute atomic E-state index is 0.103. The Morgan fingerprint density at radius 3 is 2.47 bits per heavy atom. The first-order valence-corrected chi connectivity index (χ1v) is 19.7. The van der Waals surface area contributed by atoms with Gasteiger partial charge >= 0.3 is 6.03 Å². The first-order valence-electron chi connectivity index (χ1n) is 18.9. The second-order valence-corrected chi connectivity index (χ2v) is 14.0. The second-order valence-electron chi connectivity index (χ2n) is 12.9. The number of aromatic nitrogens is 1. The van der Waals surface area contributed by atoms with E-state index in [2.05, 4.69) is 41.3 Å². The minimum atomic E-state index is -0.536. The normalized spacial score (nSPS) is 22.5. The number of thiophene rings is 1. The number of hydrogen-bond donors (Lipinski definition) is 3. The third-order valence-electron chi connectivity index (χ3n) is 10.3. The number of nitriles is 1. The Bertz CT molecular complexity index is 1640. The maximum atomic E-state index is 13.6. The predicted octanol–water partition coefficient (Wildman–Crippen LogP) is 5.81. The van der Waals surface area contributed by atoms with Crippen LogP contribution in [-0.4, -0.2) is 104 Å². The summed E-state index contributed by atoms with van der Waals surface area (Å²) in [5, 5.41) is 25.8. The maximum absolute atomic E-state index is 13.6. The number of aliphatic hydroxyl groups excluding tert-OH is 1. The number of aliphatic hydroxyl groups is 1. The largest absolute Gasteiger partial charge is 0.476 e. The van der Waals surface area contributed by atoms with Gasteiger partial charge in [0, 0.05) is 50.9 Å². The zero-order chi connectivity index (χ0) is 39.3. The molecule has 53 heavy (non-hydrogen) atoms. The van der Waals surface area contributed by atoms with Crippen LogP contribution in [0.15, 0.2) is 21.1 Å². The lowest BCUT2D eigenvalue weighted by molar-refractivity contribution is 0.124. The van der Waals surface area contributed by atoms with Crippen LogP contribution in [0.2, 0.25) is 0 Å². The summed E-state index contributed by atoms with van der Waals surface area (Å²) in [6.07, 6.45) is 16.7. The van der Waals surface area contributed by atoms with Crippen LogP contribution in [-0.2, 0) is 27.7 Å². The number of aryl methyl sites for hydroxylation is 1. The molecule has 2 amide bonds. The number of carbonyl (C=O) groups is 1. The molecular weight excluding hydrogens is 693 g/mol. The number of likely N-dealkylation sites (tertiary alicyclic amines) is 1. The van der Waals surface area contributed by atoms with Crippen molar-refractivity contribution >= 4 is 28.2 Å². The van der Waals surface area contributed by atoms with Crippen LogP contribution in [0.1, 0.15) is 112 Å². The summed E-state index contributed by atoms with van der Waals surface area (Å²) in [5.74, 6) is 1.91. The van der Waals surface area contributed by atoms with Gasteiger partial charge < -0.3 is 35.1 Å². The number of anilines is 1. The molecule has 5 heterocycles. The summed E-state index contributed by atoms with van der Waals surface area (Å²) in [4.78, 5) is 25.7. The number of nitrogens with two attached hydrogens (primary N) is 1. The van der Waals surface area contributed by atoms with Crippen LogP contribution < -0.4 is 11.1 Å². The fourth-order valence-electron chi connectivity index (χ4n) is 8.02. The molecule has 2 saturated heterocycles. The van der Waals surface area contributed by atoms with Gasteiger partial charge in [0.15, 0.2) is 23.5 Å². The number of likely N-dealkylation sites (N-methyl/N-ethyl adjacent to an activating group) is 2. The lowest BCUT2D eigenvalue weighted by atomic mass is 9.63. The van der Waals surface area contributed by atoms with Crippen molar-refractivity contribution in [2.24, 2.45) is 4.99 Å². The number of nitrogens with one attached hydrogen (secondary N) is 1. The maximum Gasteiger partial charge on any atom is 0.326 e. The first-order chi connectivity index (χ1) is 25.9. The Hall–Kier alpha value is -4.08. The molecule has 292 valence electrons. The van der Waals surface area contributed by atoms with Crippen molar-refractivity contribution < 1.29 is 23.9 Å². The van der Waals surface area contributed by atoms with E-state index in [0.717, 1.165) is 94.7 Å². The van der Waals surface area contributed by atoms with E-state index in [-0.39, 0.29) is 6.03 Å². The number of ether oxygens (including phenoxy) is 2. The lowest BCUT2D eigenvalue weighted by Crippen LogP contribution is -2.41. The Kier molecular flexibility index (Phi) is 16.7. The predicted molar refractivity (Wildman–Crippen MR) is 210 cm³/mol. The summed E-state index contributed by atoms with van der Waals surface area (Å²) >= 11 is 1.54. The van der Waals surface area contributed by atoms with Crippen LogP contribution in [0.4, 0.5) is 9.80 Å². The van der Waals surface area contributed by atoms with Gasteiger partial charge in [-0.3, -0.25) is 9.80 Å². The van der Waals surface area contributed by atoms with E-state index in [1.807, 2.05) is 32.6 Å². The molecule has 4 N–H and O–H groups in total. The van der Waals surface area contributed by atoms with E-state index in [1.54, 1.807) is 19.1 Å². The standard InChI is InChI=1S/C32H42N8O4S.2C2H6.C2H2.CH4O/c1-38-14-8-9-19(38)18-43-30-25-29(40(31(41)39(25)2)15-4-5-16-42-3)35-28(36-30)24-20-10-6-12-32(26(20)44-37-24)13-7-11-22-23(32)21(17-33)27(34)45-22;4*1-2/h19,29H,4-16,18,34H2,1-3H3,(H,35,36);2*1-2H3;1-2H;2H,1H3/t19-,29?,32-;;;;/m0..../s1. The second kappa shape index (κ2) is 20.4. The molecule has 2 aromatic heterocycles. The van der Waals surface area contributed by atoms with E-state index in [9.17, 15) is 10.1 Å². The Morgan fingerprint density at radius 2 is 1.83 bits per heavy atom. The van der Waals surface area contributed by atoms with Crippen LogP contribution in [0.5, 0.6) is 0 Å². The zero-order valence-corrected chi connectivity index (χ0v) is 33.8. The van der Waals surface area contributed by atoms with Gasteiger partial charge in [-0.15, -0.1) is 24.2 Å². The number of unbranched alkanes of at least 4 members (excludes halogenated alkanes) is 1. The van der Waals surface area contributed by atoms with Crippen LogP contribution >= 0.6 is 11.3 Å². The van der Waals surface area contributed by atoms with E-state index in [4.69, 9.17) is 29.8 Å². The smallest absolute Gasteiger partial charge is 0.326 e. The monoisotopic (exact) mass is 752 g/mol. The van der Waals surface area contributed by atoms with Gasteiger partial charge in [0.2, 0.25) is 5.88 Å². The summed E-state index contributed by atoms with van der Waals surface area (Å²) in [6, 6.07) is 2.60. The summed E-state index contributed by atoms with van der Waals surface area (Å²) in [6.45, 7) is 10.8. The number of urea groups is 1. The molecule has 1 spiro atoms. The van der Waals surface area contributed by atoms with Crippen molar-refractivity contribution in [2.45, 2.75) is 110 Å². The van der Waals surface area contributed by atoms with Crippen molar-refractivity contribution in [2.75, 3.05) is 60.4 Å². The fraction of sp³-hybridized carbons (Fsp3) is 0.641. The fourth-order valence-corrected chi connectivity index (χ4v) is 9.18. The van der Waals surface area contributed by atoms with Crippen LogP contribution in [0, 0.1) is 24.2 Å². The summed E-state index contributed by atoms with van der Waals surface area (Å²) < 4.78 is 18.0. The molecule has 2 aromatic rings. The highest BCUT2D eigenvalue weighted by molar-refractivity contribution is 7.16. The van der Waals surface area contributed by atoms with Crippen molar-refractivity contribution in [3.05, 3.63) is 44.6 Å². The number of methoxy groups -OCH3 is 1. The average Bonchev–Trinajstić information content (AvgIpc) is 3.97. The zero-order valence-electron chi connectivity index (χ0n) is 33.0. The number of nitrogen functional groups attached to an aromatic ring is 1. The van der Waals surface area contributed by atoms with E-state index in [0.29, 0.717) is 59.5 Å². The number of aliphatic imine (C=N–C) groups is 1. The Labute approximate surface area is 320 Å². The number of terminal acetylenes is 1. The van der Waals surface area contributed by atoms with Gasteiger partial charge in [0.05, 0.1) is 11.0 Å². The summed E-state index contributed by atoms with van der Waals surface area (Å²) in [5.41, 5.74) is 9.93. The van der Waals surface area contributed by atoms with Crippen molar-refractivity contribution in [1.29, 1.82) is 5.26 Å². The molecule has 0 aromatic carbocycles. The summed E-state index contributed by atoms with van der Waals surface area (Å²) in [7, 11) is 6.60. The minimum Gasteiger partial charge on any atom is -0.476 e. The van der Waals surface area contributed by atoms with E-state index in [1.165, 1.54) is 16.2 Å². The van der Waals surface area contributed by atoms with Crippen LogP contribution in [0.3, 0.4) is 0 Å². The highest BCUT2D eigenvalue weighted by Crippen LogP contribution is 2.54. The highest BCUT2D eigenvalue weighted by atomic mass is 32.1. The number of nitrogens with zero attached hydrogens (tertiary/aromatic N) is 6. The molecular formula is C39H60N8O5S. The van der Waals surface area contributed by atoms with Gasteiger partial charge in [0.25, 0.3) is 0 Å². The Balaban J connectivity index is 0.000000887. The molecule has 5 aliphatic rings. The van der Waals surface area contributed by atoms with Gasteiger partial charge in [-0.05, 0) is 83.4 Å². The molecule has 1 unspecified atom stereocenters. The molecule has 0 bridgehead atoms. The van der Waals surface area contributed by atoms with Crippen molar-refractivity contribution in [3.8, 4) is 18.9 Å². The molecule has 14 heteroatoms. The highest BCUT2D eigenvalue weighted by Gasteiger charge is 2.50. The molecule has 0 radical (unpaired) electrons. The molecule has 2 fully saturated rings. The van der Waals surface area contributed by atoms with Crippen LogP contribution in [0.25, 0.3) is 0 Å². The number of carbonyl (C=O) groups excluding carboxylic acids is 1. The topological polar surface area (TPSA) is 166 Å². The van der Waals surface area contributed by atoms with Gasteiger partial charge in [-0.1, -0.05) is 32.9 Å². The Morgan fingerprint density at radius 1 is 1.13 bits per heavy atom. The quantitative estimate of drug-likeness (QED) is 0.210. The molecule has 7 rings (SSSR count). The van der Waals surface area contributed by atoms with E-state index < -0.39 is 11.6 Å². The number of hydrogen-bond acceptors (Lipinski definition) is 12. The average molecular weight is 753 g/mol. The van der Waals surface area contributed by atoms with Crippen molar-refractivity contribution in [1.82, 2.24) is 25.2 Å². The van der Waals surface area contributed by atoms with Gasteiger partial charge in [-0.25, -0.2) is 9.79 Å². The molecule has 3 atom stereocenters. The number of amidine groups is 1. The number of rotatable bonds is 9. The third kappa shape index (κ3) is 8.36. The number of fused-ring (bicyclic) bond motifs is 5. The molecule has 0 saturated carbocycles. The molecule has 3 aliphatic heterocycles.